The van der Waals surface area contributed by atoms with E-state index in [0.29, 0.717) is 66.1 Å². The molecule has 0 saturated carbocycles. The van der Waals surface area contributed by atoms with Crippen molar-refractivity contribution in [1.82, 2.24) is 4.90 Å². The molecule has 0 radical (unpaired) electrons. The standard InChI is InChI=1S/C34H58BNO12/c1-31(2,3)45-29(37)36(30(38)46-32(4,5)6)15-16-39-17-18-40-19-20-41-21-22-42-23-24-43-25-26-44-28-13-11-27(12-14-28)35-47-33(7,8)34(9,10)48-35/h11-14H,15-26H2,1-10H3. The number of ether oxygens (including phenoxy) is 8. The van der Waals surface area contributed by atoms with Crippen LogP contribution in [0.4, 0.5) is 9.59 Å². The van der Waals surface area contributed by atoms with Gasteiger partial charge in [0.05, 0.1) is 83.8 Å². The lowest BCUT2D eigenvalue weighted by molar-refractivity contribution is -0.0182. The van der Waals surface area contributed by atoms with Crippen molar-refractivity contribution in [2.45, 2.75) is 91.6 Å². The highest BCUT2D eigenvalue weighted by Crippen LogP contribution is 2.36. The van der Waals surface area contributed by atoms with Crippen molar-refractivity contribution in [2.75, 3.05) is 79.2 Å². The molecule has 0 spiro atoms. The van der Waals surface area contributed by atoms with E-state index >= 15 is 0 Å². The molecule has 1 fully saturated rings. The van der Waals surface area contributed by atoms with Gasteiger partial charge in [0, 0.05) is 0 Å². The quantitative estimate of drug-likeness (QED) is 0.141. The summed E-state index contributed by atoms with van der Waals surface area (Å²) in [5.41, 5.74) is -1.30. The first kappa shape index (κ1) is 41.7. The Morgan fingerprint density at radius 2 is 0.958 bits per heavy atom. The summed E-state index contributed by atoms with van der Waals surface area (Å²) in [7, 11) is -0.393. The monoisotopic (exact) mass is 683 g/mol. The van der Waals surface area contributed by atoms with Crippen molar-refractivity contribution in [3.63, 3.8) is 0 Å². The van der Waals surface area contributed by atoms with Crippen molar-refractivity contribution in [2.24, 2.45) is 0 Å². The number of imide groups is 1. The summed E-state index contributed by atoms with van der Waals surface area (Å²) in [5.74, 6) is 0.755. The molecule has 1 aromatic rings. The van der Waals surface area contributed by atoms with Crippen LogP contribution in [0.5, 0.6) is 5.75 Å². The topological polar surface area (TPSA) is 130 Å². The molecule has 0 atom stereocenters. The summed E-state index contributed by atoms with van der Waals surface area (Å²) >= 11 is 0. The Hall–Kier alpha value is -2.46. The summed E-state index contributed by atoms with van der Waals surface area (Å²) in [4.78, 5) is 25.9. The number of hydrogen-bond acceptors (Lipinski definition) is 12. The van der Waals surface area contributed by atoms with Crippen LogP contribution in [-0.4, -0.2) is 126 Å². The summed E-state index contributed by atoms with van der Waals surface area (Å²) in [6.45, 7) is 22.7. The lowest BCUT2D eigenvalue weighted by Crippen LogP contribution is -2.45. The molecule has 1 heterocycles. The van der Waals surface area contributed by atoms with E-state index in [0.717, 1.165) is 16.1 Å². The summed E-state index contributed by atoms with van der Waals surface area (Å²) in [6.07, 6.45) is -1.57. The number of hydrogen-bond donors (Lipinski definition) is 0. The van der Waals surface area contributed by atoms with Crippen molar-refractivity contribution in [3.8, 4) is 5.75 Å². The number of rotatable bonds is 20. The molecule has 13 nitrogen and oxygen atoms in total. The van der Waals surface area contributed by atoms with Gasteiger partial charge in [0.15, 0.2) is 0 Å². The van der Waals surface area contributed by atoms with Gasteiger partial charge < -0.3 is 47.2 Å². The highest BCUT2D eigenvalue weighted by atomic mass is 16.7. The first-order valence-electron chi connectivity index (χ1n) is 16.6. The zero-order valence-corrected chi connectivity index (χ0v) is 30.7. The number of carbonyl (C=O) groups is 2. The van der Waals surface area contributed by atoms with Crippen LogP contribution in [0.3, 0.4) is 0 Å². The largest absolute Gasteiger partial charge is 0.494 e. The Bertz CT molecular complexity index is 1040. The first-order chi connectivity index (χ1) is 22.4. The number of amides is 2. The zero-order valence-electron chi connectivity index (χ0n) is 30.7. The van der Waals surface area contributed by atoms with Gasteiger partial charge in [0.2, 0.25) is 0 Å². The average molecular weight is 684 g/mol. The van der Waals surface area contributed by atoms with E-state index < -0.39 is 30.5 Å². The van der Waals surface area contributed by atoms with Gasteiger partial charge in [0.25, 0.3) is 0 Å². The van der Waals surface area contributed by atoms with E-state index in [1.54, 1.807) is 41.5 Å². The van der Waals surface area contributed by atoms with Crippen molar-refractivity contribution >= 4 is 24.8 Å². The second kappa shape index (κ2) is 19.7. The molecule has 0 aliphatic carbocycles. The molecule has 1 saturated heterocycles. The maximum atomic E-state index is 12.5. The minimum Gasteiger partial charge on any atom is -0.491 e. The van der Waals surface area contributed by atoms with Gasteiger partial charge in [-0.1, -0.05) is 12.1 Å². The van der Waals surface area contributed by atoms with Gasteiger partial charge in [-0.15, -0.1) is 0 Å². The fraction of sp³-hybridized carbons (Fsp3) is 0.765. The second-order valence-corrected chi connectivity index (χ2v) is 14.2. The molecule has 1 aromatic carbocycles. The van der Waals surface area contributed by atoms with Gasteiger partial charge in [0.1, 0.15) is 23.6 Å². The summed E-state index contributed by atoms with van der Waals surface area (Å²) < 4.78 is 56.2. The van der Waals surface area contributed by atoms with Crippen molar-refractivity contribution in [3.05, 3.63) is 24.3 Å². The Morgan fingerprint density at radius 3 is 1.33 bits per heavy atom. The van der Waals surface area contributed by atoms with Crippen LogP contribution in [0.1, 0.15) is 69.2 Å². The van der Waals surface area contributed by atoms with Crippen LogP contribution < -0.4 is 10.2 Å². The fourth-order valence-corrected chi connectivity index (χ4v) is 3.95. The second-order valence-electron chi connectivity index (χ2n) is 14.2. The van der Waals surface area contributed by atoms with Crippen LogP contribution >= 0.6 is 0 Å². The average Bonchev–Trinajstić information content (AvgIpc) is 3.18. The van der Waals surface area contributed by atoms with Gasteiger partial charge >= 0.3 is 19.3 Å². The normalized spacial score (nSPS) is 15.8. The Balaban J connectivity index is 1.42. The zero-order chi connectivity index (χ0) is 35.8. The van der Waals surface area contributed by atoms with Gasteiger partial charge in [-0.3, -0.25) is 0 Å². The Kier molecular flexibility index (Phi) is 17.1. The van der Waals surface area contributed by atoms with Gasteiger partial charge in [-0.25, -0.2) is 14.5 Å². The van der Waals surface area contributed by atoms with Crippen molar-refractivity contribution < 1.29 is 56.8 Å². The molecular formula is C34H58BNO12. The highest BCUT2D eigenvalue weighted by molar-refractivity contribution is 6.62. The third-order valence-electron chi connectivity index (χ3n) is 7.08. The number of carbonyl (C=O) groups excluding carboxylic acids is 2. The predicted octanol–water partition coefficient (Wildman–Crippen LogP) is 4.62. The van der Waals surface area contributed by atoms with Crippen LogP contribution in [0.15, 0.2) is 24.3 Å². The van der Waals surface area contributed by atoms with Gasteiger partial charge in [-0.05, 0) is 86.8 Å². The maximum Gasteiger partial charge on any atom is 0.494 e. The molecule has 0 aromatic heterocycles. The Morgan fingerprint density at radius 1 is 0.604 bits per heavy atom. The molecule has 2 amide bonds. The minimum absolute atomic E-state index is 0.00865. The van der Waals surface area contributed by atoms with E-state index in [-0.39, 0.29) is 24.4 Å². The van der Waals surface area contributed by atoms with Crippen LogP contribution in [0.25, 0.3) is 0 Å². The molecule has 1 aliphatic heterocycles. The van der Waals surface area contributed by atoms with Gasteiger partial charge in [-0.2, -0.15) is 0 Å². The summed E-state index contributed by atoms with van der Waals surface area (Å²) in [5, 5.41) is 0. The predicted molar refractivity (Wildman–Crippen MR) is 181 cm³/mol. The van der Waals surface area contributed by atoms with Crippen LogP contribution in [0.2, 0.25) is 0 Å². The van der Waals surface area contributed by atoms with Crippen LogP contribution in [-0.2, 0) is 42.5 Å². The molecule has 48 heavy (non-hydrogen) atoms. The molecule has 274 valence electrons. The lowest BCUT2D eigenvalue weighted by Gasteiger charge is -2.32. The van der Waals surface area contributed by atoms with E-state index in [4.69, 9.17) is 47.2 Å². The van der Waals surface area contributed by atoms with E-state index in [2.05, 4.69) is 0 Å². The van der Waals surface area contributed by atoms with Crippen LogP contribution in [0, 0.1) is 0 Å². The maximum absolute atomic E-state index is 12.5. The molecule has 0 N–H and O–H groups in total. The number of nitrogens with zero attached hydrogens (tertiary/aromatic N) is 1. The summed E-state index contributed by atoms with van der Waals surface area (Å²) in [6, 6.07) is 7.72. The molecule has 2 rings (SSSR count). The molecule has 0 unspecified atom stereocenters. The molecule has 0 bridgehead atoms. The van der Waals surface area contributed by atoms with E-state index in [1.165, 1.54) is 0 Å². The SMILES string of the molecule is CC(C)(C)OC(=O)N(CCOCCOCCOCCOCCOCCOc1ccc(B2OC(C)(C)C(C)(C)O2)cc1)C(=O)OC(C)(C)C. The first-order valence-corrected chi connectivity index (χ1v) is 16.6. The Labute approximate surface area is 287 Å². The minimum atomic E-state index is -0.784. The van der Waals surface area contributed by atoms with Crippen molar-refractivity contribution in [1.29, 1.82) is 0 Å². The third kappa shape index (κ3) is 16.3. The molecule has 1 aliphatic rings. The van der Waals surface area contributed by atoms with E-state index in [9.17, 15) is 9.59 Å². The highest BCUT2D eigenvalue weighted by Gasteiger charge is 2.51. The number of benzene rings is 1. The molecule has 14 heteroatoms. The lowest BCUT2D eigenvalue weighted by atomic mass is 9.79. The third-order valence-corrected chi connectivity index (χ3v) is 7.08. The molecular weight excluding hydrogens is 625 g/mol. The smallest absolute Gasteiger partial charge is 0.491 e. The van der Waals surface area contributed by atoms with E-state index in [1.807, 2.05) is 52.0 Å². The fourth-order valence-electron chi connectivity index (χ4n) is 3.95.